The van der Waals surface area contributed by atoms with Gasteiger partial charge >= 0.3 is 0 Å². The molecule has 5 nitrogen and oxygen atoms in total. The lowest BCUT2D eigenvalue weighted by molar-refractivity contribution is -0.402. The summed E-state index contributed by atoms with van der Waals surface area (Å²) >= 11 is 0. The molecule has 0 radical (unpaired) electrons. The van der Waals surface area contributed by atoms with Gasteiger partial charge in [0.15, 0.2) is 0 Å². The Morgan fingerprint density at radius 3 is 2.33 bits per heavy atom. The van der Waals surface area contributed by atoms with Crippen molar-refractivity contribution in [1.29, 1.82) is 0 Å². The molecule has 0 unspecified atom stereocenters. The minimum atomic E-state index is -0.636. The Labute approximate surface area is 70.6 Å². The van der Waals surface area contributed by atoms with Gasteiger partial charge in [0.05, 0.1) is 11.1 Å². The fourth-order valence-corrected chi connectivity index (χ4v) is 0.390. The highest BCUT2D eigenvalue weighted by Crippen LogP contribution is 2.11. The summed E-state index contributed by atoms with van der Waals surface area (Å²) in [7, 11) is 0. The summed E-state index contributed by atoms with van der Waals surface area (Å²) in [6, 6.07) is 0. The van der Waals surface area contributed by atoms with Crippen LogP contribution in [0, 0.1) is 15.5 Å². The number of nitro groups is 1. The van der Waals surface area contributed by atoms with Gasteiger partial charge in [0.1, 0.15) is 0 Å². The van der Waals surface area contributed by atoms with E-state index in [9.17, 15) is 14.9 Å². The number of hydrogen-bond acceptors (Lipinski definition) is 3. The van der Waals surface area contributed by atoms with E-state index in [0.29, 0.717) is 6.20 Å². The average molecular weight is 172 g/mol. The highest BCUT2D eigenvalue weighted by atomic mass is 16.6. The van der Waals surface area contributed by atoms with Gasteiger partial charge in [0.2, 0.25) is 12.1 Å². The zero-order valence-corrected chi connectivity index (χ0v) is 7.33. The lowest BCUT2D eigenvalue weighted by atomic mass is 9.96. The van der Waals surface area contributed by atoms with Crippen LogP contribution < -0.4 is 5.32 Å². The highest BCUT2D eigenvalue weighted by molar-refractivity contribution is 5.82. The van der Waals surface area contributed by atoms with Crippen LogP contribution in [-0.4, -0.2) is 10.8 Å². The largest absolute Gasteiger partial charge is 0.326 e. The van der Waals surface area contributed by atoms with Gasteiger partial charge in [-0.3, -0.25) is 14.9 Å². The molecule has 0 aromatic rings. The van der Waals surface area contributed by atoms with Crippen LogP contribution in [0.1, 0.15) is 20.8 Å². The smallest absolute Gasteiger partial charge is 0.250 e. The first-order valence-corrected chi connectivity index (χ1v) is 3.45. The average Bonchev–Trinajstić information content (AvgIpc) is 1.84. The van der Waals surface area contributed by atoms with Crippen molar-refractivity contribution in [1.82, 2.24) is 5.32 Å². The molecule has 68 valence electrons. The van der Waals surface area contributed by atoms with Gasteiger partial charge in [-0.2, -0.15) is 0 Å². The monoisotopic (exact) mass is 172 g/mol. The first kappa shape index (κ1) is 10.6. The van der Waals surface area contributed by atoms with Gasteiger partial charge < -0.3 is 5.32 Å². The topological polar surface area (TPSA) is 72.2 Å². The van der Waals surface area contributed by atoms with E-state index >= 15 is 0 Å². The molecule has 0 aromatic heterocycles. The molecular formula is C7H12N2O3. The van der Waals surface area contributed by atoms with Gasteiger partial charge in [-0.1, -0.05) is 20.8 Å². The summed E-state index contributed by atoms with van der Waals surface area (Å²) in [4.78, 5) is 20.2. The van der Waals surface area contributed by atoms with Crippen molar-refractivity contribution in [3.63, 3.8) is 0 Å². The number of carbonyl (C=O) groups is 1. The molecule has 12 heavy (non-hydrogen) atoms. The maximum Gasteiger partial charge on any atom is 0.250 e. The lowest BCUT2D eigenvalue weighted by Crippen LogP contribution is -2.31. The van der Waals surface area contributed by atoms with Crippen molar-refractivity contribution in [3.8, 4) is 0 Å². The van der Waals surface area contributed by atoms with E-state index in [2.05, 4.69) is 5.32 Å². The molecule has 0 saturated carbocycles. The van der Waals surface area contributed by atoms with E-state index in [4.69, 9.17) is 0 Å². The highest BCUT2D eigenvalue weighted by Gasteiger charge is 2.19. The maximum absolute atomic E-state index is 11.1. The van der Waals surface area contributed by atoms with Crippen LogP contribution in [0.15, 0.2) is 12.4 Å². The molecule has 0 aliphatic carbocycles. The van der Waals surface area contributed by atoms with Gasteiger partial charge in [-0.05, 0) is 0 Å². The predicted octanol–water partition coefficient (Wildman–Crippen LogP) is 0.897. The minimum Gasteiger partial charge on any atom is -0.326 e. The number of rotatable bonds is 2. The van der Waals surface area contributed by atoms with Crippen molar-refractivity contribution in [2.75, 3.05) is 0 Å². The molecule has 0 bridgehead atoms. The number of carbonyl (C=O) groups excluding carboxylic acids is 1. The first-order valence-electron chi connectivity index (χ1n) is 3.45. The molecule has 0 aliphatic heterocycles. The number of nitrogens with zero attached hydrogens (tertiary/aromatic N) is 1. The summed E-state index contributed by atoms with van der Waals surface area (Å²) in [6.07, 6.45) is 1.71. The third-order valence-electron chi connectivity index (χ3n) is 1.09. The van der Waals surface area contributed by atoms with E-state index in [1.165, 1.54) is 0 Å². The second kappa shape index (κ2) is 3.85. The van der Waals surface area contributed by atoms with Crippen LogP contribution in [0.3, 0.4) is 0 Å². The second-order valence-electron chi connectivity index (χ2n) is 3.32. The number of hydrogen-bond donors (Lipinski definition) is 1. The van der Waals surface area contributed by atoms with Crippen LogP contribution in [0.2, 0.25) is 0 Å². The van der Waals surface area contributed by atoms with E-state index in [0.717, 1.165) is 6.20 Å². The molecule has 0 atom stereocenters. The third-order valence-corrected chi connectivity index (χ3v) is 1.09. The van der Waals surface area contributed by atoms with Gasteiger partial charge in [0, 0.05) is 5.41 Å². The van der Waals surface area contributed by atoms with Crippen LogP contribution in [0.4, 0.5) is 0 Å². The Balaban J connectivity index is 3.96. The quantitative estimate of drug-likeness (QED) is 0.496. The maximum atomic E-state index is 11.1. The Morgan fingerprint density at radius 2 is 2.00 bits per heavy atom. The molecule has 0 aliphatic rings. The zero-order chi connectivity index (χ0) is 9.78. The Bertz CT molecular complexity index is 215. The predicted molar refractivity (Wildman–Crippen MR) is 43.7 cm³/mol. The second-order valence-corrected chi connectivity index (χ2v) is 3.32. The molecule has 0 rings (SSSR count). The van der Waals surface area contributed by atoms with E-state index in [-0.39, 0.29) is 5.91 Å². The molecular weight excluding hydrogens is 160 g/mol. The normalized spacial score (nSPS) is 11.6. The Morgan fingerprint density at radius 1 is 1.50 bits per heavy atom. The van der Waals surface area contributed by atoms with Crippen molar-refractivity contribution < 1.29 is 9.72 Å². The molecule has 0 heterocycles. The molecule has 1 N–H and O–H groups in total. The summed E-state index contributed by atoms with van der Waals surface area (Å²) < 4.78 is 0. The van der Waals surface area contributed by atoms with E-state index in [1.807, 2.05) is 0 Å². The summed E-state index contributed by atoms with van der Waals surface area (Å²) in [6.45, 7) is 5.17. The number of amides is 1. The lowest BCUT2D eigenvalue weighted by Gasteiger charge is -2.14. The number of nitrogens with one attached hydrogen (secondary N) is 1. The molecule has 1 amide bonds. The fourth-order valence-electron chi connectivity index (χ4n) is 0.390. The van der Waals surface area contributed by atoms with E-state index < -0.39 is 10.3 Å². The summed E-state index contributed by atoms with van der Waals surface area (Å²) in [5, 5.41) is 12.1. The Hall–Kier alpha value is -1.39. The van der Waals surface area contributed by atoms with Gasteiger partial charge in [-0.15, -0.1) is 0 Å². The van der Waals surface area contributed by atoms with Crippen LogP contribution in [0.25, 0.3) is 0 Å². The summed E-state index contributed by atoms with van der Waals surface area (Å²) in [5.41, 5.74) is -0.527. The van der Waals surface area contributed by atoms with Crippen molar-refractivity contribution >= 4 is 5.91 Å². The fraction of sp³-hybridized carbons (Fsp3) is 0.571. The van der Waals surface area contributed by atoms with Gasteiger partial charge in [-0.25, -0.2) is 0 Å². The zero-order valence-electron chi connectivity index (χ0n) is 7.33. The molecule has 5 heteroatoms. The van der Waals surface area contributed by atoms with Crippen LogP contribution in [-0.2, 0) is 4.79 Å². The minimum absolute atomic E-state index is 0.249. The van der Waals surface area contributed by atoms with Crippen molar-refractivity contribution in [3.05, 3.63) is 22.5 Å². The van der Waals surface area contributed by atoms with Crippen molar-refractivity contribution in [2.24, 2.45) is 5.41 Å². The molecule has 0 aromatic carbocycles. The molecule has 0 fully saturated rings. The Kier molecular flexibility index (Phi) is 3.40. The third kappa shape index (κ3) is 4.43. The van der Waals surface area contributed by atoms with Crippen LogP contribution >= 0.6 is 0 Å². The first-order chi connectivity index (χ1) is 5.34. The van der Waals surface area contributed by atoms with E-state index in [1.54, 1.807) is 20.8 Å². The van der Waals surface area contributed by atoms with Gasteiger partial charge in [0.25, 0.3) is 0 Å². The molecule has 0 saturated heterocycles. The van der Waals surface area contributed by atoms with Crippen LogP contribution in [0.5, 0.6) is 0 Å². The molecule has 0 spiro atoms. The standard InChI is InChI=1S/C7H12N2O3/c1-7(2,3)6(10)8-4-5-9(11)12/h4-5H,1-3H3,(H,8,10). The SMILES string of the molecule is CC(C)(C)C(=O)NC=C[N+](=O)[O-]. The summed E-state index contributed by atoms with van der Waals surface area (Å²) in [5.74, 6) is -0.249. The van der Waals surface area contributed by atoms with Crippen molar-refractivity contribution in [2.45, 2.75) is 20.8 Å².